The zero-order valence-corrected chi connectivity index (χ0v) is 35.0. The fourth-order valence-corrected chi connectivity index (χ4v) is 6.54. The largest absolute Gasteiger partial charge is 0.744 e. The van der Waals surface area contributed by atoms with Gasteiger partial charge in [0, 0.05) is 51.7 Å². The second-order valence-corrected chi connectivity index (χ2v) is 16.5. The second-order valence-electron chi connectivity index (χ2n) is 13.7. The Bertz CT molecular complexity index is 2830. The van der Waals surface area contributed by atoms with Crippen molar-refractivity contribution < 1.29 is 49.5 Å². The van der Waals surface area contributed by atoms with Gasteiger partial charge in [-0.1, -0.05) is 35.4 Å². The Morgan fingerprint density at radius 1 is 0.492 bits per heavy atom. The predicted octanol–water partition coefficient (Wildman–Crippen LogP) is 6.04. The number of nitrogens with zero attached hydrogens (tertiary/aromatic N) is 2. The van der Waals surface area contributed by atoms with Crippen LogP contribution in [0.2, 0.25) is 0 Å². The summed E-state index contributed by atoms with van der Waals surface area (Å²) >= 11 is 0. The van der Waals surface area contributed by atoms with Crippen LogP contribution in [0.1, 0.15) is 42.2 Å². The molecule has 312 valence electrons. The lowest BCUT2D eigenvalue weighted by Crippen LogP contribution is -2.27. The van der Waals surface area contributed by atoms with Crippen molar-refractivity contribution in [3.8, 4) is 0 Å². The molecule has 0 fully saturated rings. The van der Waals surface area contributed by atoms with Crippen LogP contribution in [0.4, 0.5) is 17.1 Å². The smallest absolute Gasteiger partial charge is 0.255 e. The van der Waals surface area contributed by atoms with Gasteiger partial charge in [0.05, 0.1) is 9.79 Å². The number of amides is 3. The number of fused-ring (bicyclic) bond motifs is 1. The molecule has 0 spiro atoms. The molecular formula is C45H41N5O9S2. The van der Waals surface area contributed by atoms with Gasteiger partial charge < -0.3 is 25.1 Å². The van der Waals surface area contributed by atoms with Gasteiger partial charge in [-0.05, 0) is 111 Å². The number of benzene rings is 5. The average molecular weight is 860 g/mol. The first kappa shape index (κ1) is 45.0. The van der Waals surface area contributed by atoms with Gasteiger partial charge in [0.15, 0.2) is 18.6 Å². The summed E-state index contributed by atoms with van der Waals surface area (Å²) < 4.78 is 66.2. The van der Waals surface area contributed by atoms with E-state index in [0.717, 1.165) is 22.0 Å². The highest BCUT2D eigenvalue weighted by Gasteiger charge is 2.13. The summed E-state index contributed by atoms with van der Waals surface area (Å²) in [4.78, 5) is 37.6. The first-order chi connectivity index (χ1) is 28.8. The number of carbonyl (C=O) groups is 3. The molecule has 2 aromatic heterocycles. The highest BCUT2D eigenvalue weighted by molar-refractivity contribution is 7.86. The first-order valence-electron chi connectivity index (χ1n) is 18.4. The zero-order valence-electron chi connectivity index (χ0n) is 33.4. The molecule has 3 amide bonds. The Labute approximate surface area is 353 Å². The molecule has 0 bridgehead atoms. The van der Waals surface area contributed by atoms with E-state index < -0.39 is 20.2 Å². The molecule has 7 rings (SSSR count). The van der Waals surface area contributed by atoms with Crippen molar-refractivity contribution >= 4 is 65.9 Å². The van der Waals surface area contributed by atoms with Gasteiger partial charge in [-0.15, -0.1) is 0 Å². The number of pyridine rings is 2. The predicted molar refractivity (Wildman–Crippen MR) is 228 cm³/mol. The summed E-state index contributed by atoms with van der Waals surface area (Å²) in [6, 6.07) is 38.0. The number of hydrogen-bond acceptors (Lipinski definition) is 9. The molecule has 0 saturated heterocycles. The van der Waals surface area contributed by atoms with E-state index in [-0.39, 0.29) is 27.5 Å². The molecule has 16 heteroatoms. The quantitative estimate of drug-likeness (QED) is 0.120. The number of carbonyl (C=O) groups excluding carboxylic acids is 3. The maximum absolute atomic E-state index is 12.8. The van der Waals surface area contributed by atoms with Crippen LogP contribution in [0.5, 0.6) is 0 Å². The monoisotopic (exact) mass is 859 g/mol. The molecule has 0 aliphatic rings. The molecule has 0 atom stereocenters. The molecular weight excluding hydrogens is 819 g/mol. The second kappa shape index (κ2) is 19.8. The first-order valence-corrected chi connectivity index (χ1v) is 21.2. The van der Waals surface area contributed by atoms with Crippen molar-refractivity contribution in [2.75, 3.05) is 16.0 Å². The number of anilines is 3. The Balaban J connectivity index is 0.000000259. The van der Waals surface area contributed by atoms with Crippen LogP contribution in [0.3, 0.4) is 0 Å². The molecule has 14 nitrogen and oxygen atoms in total. The maximum atomic E-state index is 12.8. The van der Waals surface area contributed by atoms with E-state index in [2.05, 4.69) is 16.0 Å². The molecule has 2 heterocycles. The Kier molecular flexibility index (Phi) is 14.6. The van der Waals surface area contributed by atoms with Gasteiger partial charge >= 0.3 is 0 Å². The van der Waals surface area contributed by atoms with E-state index in [1.54, 1.807) is 72.8 Å². The summed E-state index contributed by atoms with van der Waals surface area (Å²) in [7, 11) is -4.69. The normalized spacial score (nSPS) is 10.9. The SMILES string of the molecule is C[n+]1cccc(NC(=O)c2ccc(NC(=O)c3ccc(C(=O)Nc4ccc5c(ccc[n+]5C)c4)cc3)cc2)c1.Cc1ccc(S(=O)(=O)[O-])cc1.Cc1ccc(S(=O)(=O)[O-])cc1. The van der Waals surface area contributed by atoms with Crippen molar-refractivity contribution in [1.29, 1.82) is 0 Å². The Morgan fingerprint density at radius 3 is 1.36 bits per heavy atom. The highest BCUT2D eigenvalue weighted by Crippen LogP contribution is 2.18. The number of nitrogens with one attached hydrogen (secondary N) is 3. The summed E-state index contributed by atoms with van der Waals surface area (Å²) in [5.41, 5.74) is 6.15. The van der Waals surface area contributed by atoms with Crippen LogP contribution in [-0.2, 0) is 34.3 Å². The molecule has 0 saturated carbocycles. The van der Waals surface area contributed by atoms with Crippen LogP contribution in [0.25, 0.3) is 10.9 Å². The van der Waals surface area contributed by atoms with Gasteiger partial charge in [-0.3, -0.25) is 14.4 Å². The topological polar surface area (TPSA) is 209 Å². The molecule has 7 aromatic rings. The maximum Gasteiger partial charge on any atom is 0.255 e. The number of aromatic nitrogens is 2. The van der Waals surface area contributed by atoms with Crippen molar-refractivity contribution in [2.45, 2.75) is 23.6 Å². The van der Waals surface area contributed by atoms with Gasteiger partial charge in [-0.25, -0.2) is 26.0 Å². The van der Waals surface area contributed by atoms with Crippen LogP contribution in [0, 0.1) is 13.8 Å². The van der Waals surface area contributed by atoms with E-state index in [9.17, 15) is 40.3 Å². The van der Waals surface area contributed by atoms with Crippen molar-refractivity contribution in [3.63, 3.8) is 0 Å². The third-order valence-corrected chi connectivity index (χ3v) is 10.6. The Morgan fingerprint density at radius 2 is 0.902 bits per heavy atom. The summed E-state index contributed by atoms with van der Waals surface area (Å²) in [6.07, 6.45) is 5.66. The number of aryl methyl sites for hydroxylation is 4. The zero-order chi connectivity index (χ0) is 44.3. The standard InChI is InChI=1S/C31H25N5O3.2C7H8O3S/c1-35-17-4-6-27(20-35)34-31(39)23-11-13-25(14-12-23)32-29(37)21-7-9-22(10-8-21)30(38)33-26-15-16-28-24(19-26)5-3-18-36(28)2;2*1-6-2-4-7(5-3-6)11(8,9)10/h3-20H,1-2H3,(H-2,32,33,34,37,38,39);2*2-5H,1H3,(H,8,9,10). The molecule has 5 aromatic carbocycles. The van der Waals surface area contributed by atoms with Crippen LogP contribution >= 0.6 is 0 Å². The highest BCUT2D eigenvalue weighted by atomic mass is 32.2. The van der Waals surface area contributed by atoms with Gasteiger partial charge in [-0.2, -0.15) is 0 Å². The van der Waals surface area contributed by atoms with E-state index >= 15 is 0 Å². The fraction of sp³-hybridized carbons (Fsp3) is 0.0889. The minimum Gasteiger partial charge on any atom is -0.744 e. The van der Waals surface area contributed by atoms with Crippen molar-refractivity contribution in [2.24, 2.45) is 14.1 Å². The third kappa shape index (κ3) is 13.2. The molecule has 3 N–H and O–H groups in total. The van der Waals surface area contributed by atoms with E-state index in [0.29, 0.717) is 33.8 Å². The van der Waals surface area contributed by atoms with Crippen LogP contribution in [0.15, 0.2) is 168 Å². The van der Waals surface area contributed by atoms with Crippen LogP contribution < -0.4 is 25.1 Å². The van der Waals surface area contributed by atoms with Gasteiger partial charge in [0.2, 0.25) is 5.52 Å². The fourth-order valence-electron chi connectivity index (χ4n) is 5.60. The number of hydrogen-bond donors (Lipinski definition) is 3. The summed E-state index contributed by atoms with van der Waals surface area (Å²) in [5, 5.41) is 9.58. The lowest BCUT2D eigenvalue weighted by molar-refractivity contribution is -0.670. The van der Waals surface area contributed by atoms with Crippen molar-refractivity contribution in [1.82, 2.24) is 0 Å². The summed E-state index contributed by atoms with van der Waals surface area (Å²) in [5.74, 6) is -0.830. The Hall–Kier alpha value is -7.11. The van der Waals surface area contributed by atoms with E-state index in [1.807, 2.05) is 98.1 Å². The van der Waals surface area contributed by atoms with Gasteiger partial charge in [0.1, 0.15) is 40.0 Å². The molecule has 61 heavy (non-hydrogen) atoms. The average Bonchev–Trinajstić information content (AvgIpc) is 3.21. The molecule has 0 aliphatic heterocycles. The van der Waals surface area contributed by atoms with E-state index in [1.165, 1.54) is 24.3 Å². The minimum atomic E-state index is -4.27. The third-order valence-electron chi connectivity index (χ3n) is 8.88. The summed E-state index contributed by atoms with van der Waals surface area (Å²) in [6.45, 7) is 3.64. The van der Waals surface area contributed by atoms with E-state index in [4.69, 9.17) is 0 Å². The molecule has 0 unspecified atom stereocenters. The van der Waals surface area contributed by atoms with Crippen molar-refractivity contribution in [3.05, 3.63) is 186 Å². The lowest BCUT2D eigenvalue weighted by Gasteiger charge is -2.09. The lowest BCUT2D eigenvalue weighted by atomic mass is 10.1. The number of rotatable bonds is 8. The molecule has 0 aliphatic carbocycles. The molecule has 0 radical (unpaired) electrons. The van der Waals surface area contributed by atoms with Crippen LogP contribution in [-0.4, -0.2) is 43.7 Å². The van der Waals surface area contributed by atoms with Gasteiger partial charge in [0.25, 0.3) is 17.7 Å². The minimum absolute atomic E-state index is 0.178.